The van der Waals surface area contributed by atoms with Gasteiger partial charge in [-0.15, -0.1) is 11.3 Å². The Morgan fingerprint density at radius 3 is 2.78 bits per heavy atom. The molecule has 12 nitrogen and oxygen atoms in total. The van der Waals surface area contributed by atoms with Crippen LogP contribution in [0.15, 0.2) is 22.8 Å². The third-order valence-corrected chi connectivity index (χ3v) is 7.86. The number of thiazole rings is 1. The summed E-state index contributed by atoms with van der Waals surface area (Å²) in [6.45, 7) is 2.44. The zero-order valence-electron chi connectivity index (χ0n) is 20.6. The molecule has 14 heteroatoms. The molecule has 1 saturated heterocycles. The fraction of sp³-hybridized carbons (Fsp3) is 0.522. The number of carbonyl (C=O) groups is 3. The number of halogens is 1. The van der Waals surface area contributed by atoms with Crippen molar-refractivity contribution in [3.05, 3.63) is 38.4 Å². The van der Waals surface area contributed by atoms with Gasteiger partial charge in [0.25, 0.3) is 5.91 Å². The van der Waals surface area contributed by atoms with Crippen LogP contribution in [-0.4, -0.2) is 101 Å². The second kappa shape index (κ2) is 12.4. The van der Waals surface area contributed by atoms with Crippen LogP contribution in [0.2, 0.25) is 0 Å². The number of hydrogen-bond acceptors (Lipinski definition) is 10. The molecule has 0 aromatic carbocycles. The lowest BCUT2D eigenvalue weighted by molar-refractivity contribution is -0.137. The number of pyridine rings is 1. The van der Waals surface area contributed by atoms with Crippen LogP contribution in [0, 0.1) is 0 Å². The van der Waals surface area contributed by atoms with Crippen molar-refractivity contribution >= 4 is 50.8 Å². The summed E-state index contributed by atoms with van der Waals surface area (Å²) in [5, 5.41) is 19.0. The first-order valence-corrected chi connectivity index (χ1v) is 13.5. The number of fused-ring (bicyclic) bond motifs is 1. The van der Waals surface area contributed by atoms with Crippen molar-refractivity contribution in [3.63, 3.8) is 0 Å². The van der Waals surface area contributed by atoms with Gasteiger partial charge in [-0.25, -0.2) is 9.97 Å². The van der Waals surface area contributed by atoms with Crippen LogP contribution >= 0.6 is 27.3 Å². The number of ether oxygens (including phenoxy) is 1. The highest BCUT2D eigenvalue weighted by Crippen LogP contribution is 2.25. The van der Waals surface area contributed by atoms with Gasteiger partial charge in [0.2, 0.25) is 0 Å². The first kappa shape index (κ1) is 27.5. The van der Waals surface area contributed by atoms with Crippen LogP contribution in [-0.2, 0) is 27.3 Å². The standard InChI is InChI=1S/C23H30BrN7O5S/c1-30-7-5-15-17(11-30)37-23(28-15)22(35)27-16-10-31(19(32)12-36-2)8-6-14(16)26-20(33)21(34)29-18-4-3-13(24)9-25-18/h3-4,9,14,16,19,32H,5-8,10-12H2,1-2H3,(H,26,33)(H,27,35)(H,25,29,34)/t14-,16+,19?/m0/s1. The molecule has 2 aromatic rings. The van der Waals surface area contributed by atoms with E-state index in [1.165, 1.54) is 24.6 Å². The highest BCUT2D eigenvalue weighted by Gasteiger charge is 2.36. The predicted octanol–water partition coefficient (Wildman–Crippen LogP) is 0.181. The van der Waals surface area contributed by atoms with Crippen LogP contribution in [0.3, 0.4) is 0 Å². The molecule has 0 aliphatic carbocycles. The van der Waals surface area contributed by atoms with Crippen LogP contribution in [0.25, 0.3) is 0 Å². The van der Waals surface area contributed by atoms with E-state index in [2.05, 4.69) is 46.7 Å². The molecule has 4 heterocycles. The number of aromatic nitrogens is 2. The monoisotopic (exact) mass is 595 g/mol. The highest BCUT2D eigenvalue weighted by atomic mass is 79.9. The number of likely N-dealkylation sites (N-methyl/N-ethyl adjacent to an activating group) is 1. The minimum absolute atomic E-state index is 0.104. The fourth-order valence-electron chi connectivity index (χ4n) is 4.33. The van der Waals surface area contributed by atoms with Crippen LogP contribution in [0.5, 0.6) is 0 Å². The molecule has 0 spiro atoms. The third-order valence-electron chi connectivity index (χ3n) is 6.31. The van der Waals surface area contributed by atoms with Gasteiger partial charge >= 0.3 is 11.8 Å². The number of nitrogens with one attached hydrogen (secondary N) is 3. The molecular formula is C23H30BrN7O5S. The maximum Gasteiger partial charge on any atom is 0.314 e. The Morgan fingerprint density at radius 2 is 2.05 bits per heavy atom. The number of piperidine rings is 1. The summed E-state index contributed by atoms with van der Waals surface area (Å²) in [6.07, 6.45) is 1.84. The van der Waals surface area contributed by atoms with Gasteiger partial charge in [-0.2, -0.15) is 0 Å². The number of carbonyl (C=O) groups excluding carboxylic acids is 3. The molecule has 2 aromatic heterocycles. The van der Waals surface area contributed by atoms with E-state index in [9.17, 15) is 19.5 Å². The van der Waals surface area contributed by atoms with Crippen molar-refractivity contribution in [2.45, 2.75) is 37.7 Å². The number of likely N-dealkylation sites (tertiary alicyclic amines) is 1. The van der Waals surface area contributed by atoms with E-state index < -0.39 is 30.1 Å². The molecular weight excluding hydrogens is 566 g/mol. The number of aliphatic hydroxyl groups is 1. The lowest BCUT2D eigenvalue weighted by Gasteiger charge is -2.40. The summed E-state index contributed by atoms with van der Waals surface area (Å²) < 4.78 is 5.80. The Morgan fingerprint density at radius 1 is 1.24 bits per heavy atom. The maximum absolute atomic E-state index is 13.2. The quantitative estimate of drug-likeness (QED) is 0.329. The number of anilines is 1. The van der Waals surface area contributed by atoms with Gasteiger partial charge in [0, 0.05) is 55.3 Å². The normalized spacial score (nSPS) is 21.1. The Kier molecular flexibility index (Phi) is 9.21. The molecule has 3 atom stereocenters. The minimum Gasteiger partial charge on any atom is -0.381 e. The van der Waals surface area contributed by atoms with Crippen LogP contribution in [0.4, 0.5) is 5.82 Å². The summed E-state index contributed by atoms with van der Waals surface area (Å²) in [6, 6.07) is 2.16. The number of rotatable bonds is 7. The van der Waals surface area contributed by atoms with Gasteiger partial charge < -0.3 is 30.7 Å². The number of hydrogen-bond donors (Lipinski definition) is 4. The second-order valence-electron chi connectivity index (χ2n) is 9.07. The smallest absolute Gasteiger partial charge is 0.314 e. The summed E-state index contributed by atoms with van der Waals surface area (Å²) in [4.78, 5) is 51.9. The Balaban J connectivity index is 1.44. The molecule has 2 aliphatic rings. The molecule has 0 bridgehead atoms. The van der Waals surface area contributed by atoms with Crippen molar-refractivity contribution < 1.29 is 24.2 Å². The molecule has 4 N–H and O–H groups in total. The molecule has 0 saturated carbocycles. The molecule has 0 radical (unpaired) electrons. The van der Waals surface area contributed by atoms with E-state index >= 15 is 0 Å². The lowest BCUT2D eigenvalue weighted by Crippen LogP contribution is -2.63. The van der Waals surface area contributed by atoms with Crippen molar-refractivity contribution in [1.82, 2.24) is 30.4 Å². The topological polar surface area (TPSA) is 149 Å². The zero-order chi connectivity index (χ0) is 26.5. The molecule has 2 aliphatic heterocycles. The third kappa shape index (κ3) is 7.09. The van der Waals surface area contributed by atoms with Gasteiger partial charge in [-0.3, -0.25) is 19.3 Å². The van der Waals surface area contributed by atoms with Gasteiger partial charge in [0.1, 0.15) is 12.0 Å². The lowest BCUT2D eigenvalue weighted by atomic mass is 9.98. The molecule has 4 rings (SSSR count). The minimum atomic E-state index is -0.865. The average Bonchev–Trinajstić information content (AvgIpc) is 3.30. The van der Waals surface area contributed by atoms with E-state index in [0.29, 0.717) is 18.0 Å². The van der Waals surface area contributed by atoms with Crippen molar-refractivity contribution in [3.8, 4) is 0 Å². The summed E-state index contributed by atoms with van der Waals surface area (Å²) >= 11 is 4.63. The zero-order valence-corrected chi connectivity index (χ0v) is 23.0. The Hall–Kier alpha value is -2.49. The second-order valence-corrected chi connectivity index (χ2v) is 11.1. The van der Waals surface area contributed by atoms with Crippen LogP contribution < -0.4 is 16.0 Å². The average molecular weight is 597 g/mol. The molecule has 200 valence electrons. The van der Waals surface area contributed by atoms with E-state index in [-0.39, 0.29) is 24.9 Å². The highest BCUT2D eigenvalue weighted by molar-refractivity contribution is 9.10. The van der Waals surface area contributed by atoms with Gasteiger partial charge in [0.15, 0.2) is 5.01 Å². The Labute approximate surface area is 226 Å². The number of aliphatic hydroxyl groups excluding tert-OH is 1. The summed E-state index contributed by atoms with van der Waals surface area (Å²) in [7, 11) is 3.52. The Bertz CT molecular complexity index is 1130. The SMILES string of the molecule is COCC(O)N1CC[C@H](NC(=O)C(=O)Nc2ccc(Br)cn2)[C@H](NC(=O)c2nc3c(s2)CN(C)CC3)C1. The largest absolute Gasteiger partial charge is 0.381 e. The summed E-state index contributed by atoms with van der Waals surface area (Å²) in [5.41, 5.74) is 0.942. The fourth-order valence-corrected chi connectivity index (χ4v) is 5.65. The summed E-state index contributed by atoms with van der Waals surface area (Å²) in [5.74, 6) is -1.81. The van der Waals surface area contributed by atoms with Gasteiger partial charge in [-0.05, 0) is 41.5 Å². The molecule has 37 heavy (non-hydrogen) atoms. The first-order chi connectivity index (χ1) is 17.7. The maximum atomic E-state index is 13.2. The van der Waals surface area contributed by atoms with Gasteiger partial charge in [-0.1, -0.05) is 0 Å². The number of methoxy groups -OCH3 is 1. The van der Waals surface area contributed by atoms with Crippen molar-refractivity contribution in [1.29, 1.82) is 0 Å². The van der Waals surface area contributed by atoms with E-state index in [1.54, 1.807) is 17.0 Å². The van der Waals surface area contributed by atoms with E-state index in [0.717, 1.165) is 34.6 Å². The molecule has 1 fully saturated rings. The van der Waals surface area contributed by atoms with Crippen molar-refractivity contribution in [2.75, 3.05) is 45.7 Å². The van der Waals surface area contributed by atoms with E-state index in [1.807, 2.05) is 7.05 Å². The first-order valence-electron chi connectivity index (χ1n) is 11.9. The predicted molar refractivity (Wildman–Crippen MR) is 140 cm³/mol. The number of nitrogens with zero attached hydrogens (tertiary/aromatic N) is 4. The van der Waals surface area contributed by atoms with Gasteiger partial charge in [0.05, 0.1) is 24.4 Å². The number of amides is 3. The molecule has 3 amide bonds. The van der Waals surface area contributed by atoms with Crippen LogP contribution in [0.1, 0.15) is 26.8 Å². The van der Waals surface area contributed by atoms with E-state index in [4.69, 9.17) is 4.74 Å². The molecule has 1 unspecified atom stereocenters. The van der Waals surface area contributed by atoms with Crippen molar-refractivity contribution in [2.24, 2.45) is 0 Å².